The first-order chi connectivity index (χ1) is 19.3. The minimum Gasteiger partial charge on any atom is -0.481 e. The predicted molar refractivity (Wildman–Crippen MR) is 151 cm³/mol. The molecule has 0 atom stereocenters. The monoisotopic (exact) mass is 533 g/mol. The molecule has 3 aliphatic carbocycles. The van der Waals surface area contributed by atoms with Crippen LogP contribution in [0.2, 0.25) is 0 Å². The SMILES string of the molecule is O=C(O)CC12CC(CNC(=O)c3cc(-c4ccc(F)cc4)cc4ccn(Cc5ccc6ccccc6n5)c34)(C1)C2. The topological polar surface area (TPSA) is 84.2 Å². The highest BCUT2D eigenvalue weighted by Gasteiger charge is 2.67. The third-order valence-electron chi connectivity index (χ3n) is 8.67. The van der Waals surface area contributed by atoms with Crippen LogP contribution < -0.4 is 5.32 Å². The number of hydrogen-bond donors (Lipinski definition) is 2. The number of carbonyl (C=O) groups is 2. The van der Waals surface area contributed by atoms with Crippen molar-refractivity contribution in [3.8, 4) is 11.1 Å². The number of rotatable bonds is 8. The molecule has 0 aliphatic heterocycles. The molecule has 2 heterocycles. The van der Waals surface area contributed by atoms with Crippen LogP contribution in [0.25, 0.3) is 32.9 Å². The van der Waals surface area contributed by atoms with Gasteiger partial charge in [0.05, 0.1) is 35.3 Å². The Bertz CT molecular complexity index is 1790. The molecule has 2 N–H and O–H groups in total. The van der Waals surface area contributed by atoms with Gasteiger partial charge in [-0.15, -0.1) is 0 Å². The van der Waals surface area contributed by atoms with Gasteiger partial charge in [0, 0.05) is 23.5 Å². The number of halogens is 1. The van der Waals surface area contributed by atoms with Gasteiger partial charge in [-0.2, -0.15) is 0 Å². The number of nitrogens with one attached hydrogen (secondary N) is 1. The molecule has 1 amide bonds. The lowest BCUT2D eigenvalue weighted by atomic mass is 9.34. The molecular formula is C33H28FN3O3. The van der Waals surface area contributed by atoms with Gasteiger partial charge < -0.3 is 15.0 Å². The molecule has 2 bridgehead atoms. The standard InChI is InChI=1S/C33H28FN3O3/c34-25-8-5-21(6-9-25)24-13-23-11-12-37(16-26-10-7-22-3-1-2-4-28(22)36-26)30(23)27(14-24)31(40)35-20-33-17-32(18-33,19-33)15-29(38)39/h1-14H,15-20H2,(H,35,40)(H,38,39). The van der Waals surface area contributed by atoms with Crippen LogP contribution in [0, 0.1) is 16.6 Å². The van der Waals surface area contributed by atoms with Crippen LogP contribution in [0.4, 0.5) is 4.39 Å². The number of pyridine rings is 1. The van der Waals surface area contributed by atoms with E-state index in [1.54, 1.807) is 12.1 Å². The lowest BCUT2D eigenvalue weighted by Crippen LogP contribution is -2.66. The van der Waals surface area contributed by atoms with Crippen LogP contribution in [0.15, 0.2) is 85.1 Å². The first-order valence-electron chi connectivity index (χ1n) is 13.5. The lowest BCUT2D eigenvalue weighted by molar-refractivity contribution is -0.208. The lowest BCUT2D eigenvalue weighted by Gasteiger charge is -2.70. The van der Waals surface area contributed by atoms with E-state index in [0.29, 0.717) is 18.7 Å². The number of carboxylic acid groups (broad SMARTS) is 1. The van der Waals surface area contributed by atoms with Crippen LogP contribution in [-0.2, 0) is 11.3 Å². The molecule has 3 fully saturated rings. The predicted octanol–water partition coefficient (Wildman–Crippen LogP) is 6.42. The van der Waals surface area contributed by atoms with Gasteiger partial charge in [0.1, 0.15) is 5.82 Å². The highest BCUT2D eigenvalue weighted by Crippen LogP contribution is 2.74. The zero-order valence-corrected chi connectivity index (χ0v) is 21.9. The van der Waals surface area contributed by atoms with Crippen molar-refractivity contribution in [1.29, 1.82) is 0 Å². The molecule has 200 valence electrons. The summed E-state index contributed by atoms with van der Waals surface area (Å²) < 4.78 is 15.7. The van der Waals surface area contributed by atoms with E-state index >= 15 is 0 Å². The Labute approximate surface area is 230 Å². The summed E-state index contributed by atoms with van der Waals surface area (Å²) in [4.78, 5) is 29.8. The number of carboxylic acids is 1. The van der Waals surface area contributed by atoms with E-state index < -0.39 is 5.97 Å². The van der Waals surface area contributed by atoms with Crippen molar-refractivity contribution in [1.82, 2.24) is 14.9 Å². The van der Waals surface area contributed by atoms with Gasteiger partial charge in [-0.1, -0.05) is 36.4 Å². The number of benzene rings is 3. The Balaban J connectivity index is 1.21. The number of nitrogens with zero attached hydrogens (tertiary/aromatic N) is 2. The van der Waals surface area contributed by atoms with Crippen LogP contribution >= 0.6 is 0 Å². The first kappa shape index (κ1) is 24.5. The van der Waals surface area contributed by atoms with E-state index in [2.05, 4.69) is 16.0 Å². The summed E-state index contributed by atoms with van der Waals surface area (Å²) in [6.45, 7) is 1.04. The molecular weight excluding hydrogens is 505 g/mol. The van der Waals surface area contributed by atoms with Gasteiger partial charge in [-0.25, -0.2) is 4.39 Å². The van der Waals surface area contributed by atoms with Gasteiger partial charge >= 0.3 is 5.97 Å². The van der Waals surface area contributed by atoms with Crippen molar-refractivity contribution < 1.29 is 19.1 Å². The fourth-order valence-electron chi connectivity index (χ4n) is 7.12. The summed E-state index contributed by atoms with van der Waals surface area (Å²) in [6, 6.07) is 24.2. The molecule has 40 heavy (non-hydrogen) atoms. The average molecular weight is 534 g/mol. The number of hydrogen-bond acceptors (Lipinski definition) is 3. The maximum atomic E-state index is 13.7. The van der Waals surface area contributed by atoms with E-state index in [4.69, 9.17) is 4.98 Å². The fourth-order valence-corrected chi connectivity index (χ4v) is 7.12. The second-order valence-corrected chi connectivity index (χ2v) is 11.7. The number of fused-ring (bicyclic) bond motifs is 2. The molecule has 2 aromatic heterocycles. The van der Waals surface area contributed by atoms with Gasteiger partial charge in [0.25, 0.3) is 5.91 Å². The van der Waals surface area contributed by atoms with Gasteiger partial charge in [0.2, 0.25) is 0 Å². The Kier molecular flexibility index (Phi) is 5.52. The summed E-state index contributed by atoms with van der Waals surface area (Å²) in [6.07, 6.45) is 4.73. The highest BCUT2D eigenvalue weighted by molar-refractivity contribution is 6.08. The number of carbonyl (C=O) groups excluding carboxylic acids is 1. The zero-order chi connectivity index (χ0) is 27.5. The van der Waals surface area contributed by atoms with Crippen LogP contribution in [0.3, 0.4) is 0 Å². The van der Waals surface area contributed by atoms with E-state index in [9.17, 15) is 19.1 Å². The summed E-state index contributed by atoms with van der Waals surface area (Å²) in [7, 11) is 0. The van der Waals surface area contributed by atoms with Gasteiger partial charge in [0.15, 0.2) is 0 Å². The molecule has 5 aromatic rings. The summed E-state index contributed by atoms with van der Waals surface area (Å²) >= 11 is 0. The molecule has 8 rings (SSSR count). The van der Waals surface area contributed by atoms with Gasteiger partial charge in [-0.05, 0) is 83.7 Å². The second kappa shape index (κ2) is 9.01. The molecule has 0 saturated heterocycles. The van der Waals surface area contributed by atoms with Gasteiger partial charge in [-0.3, -0.25) is 14.6 Å². The molecule has 7 heteroatoms. The number of aliphatic carboxylic acids is 1. The van der Waals surface area contributed by atoms with E-state index in [1.807, 2.05) is 54.7 Å². The fraction of sp³-hybridized carbons (Fsp3) is 0.242. The first-order valence-corrected chi connectivity index (χ1v) is 13.5. The van der Waals surface area contributed by atoms with Crippen molar-refractivity contribution in [3.05, 3.63) is 102 Å². The highest BCUT2D eigenvalue weighted by atomic mass is 19.1. The Morgan fingerprint density at radius 2 is 1.68 bits per heavy atom. The Morgan fingerprint density at radius 3 is 2.45 bits per heavy atom. The third kappa shape index (κ3) is 4.22. The van der Waals surface area contributed by atoms with E-state index in [0.717, 1.165) is 57.9 Å². The number of amides is 1. The van der Waals surface area contributed by atoms with E-state index in [-0.39, 0.29) is 29.0 Å². The van der Waals surface area contributed by atoms with Crippen LogP contribution in [-0.4, -0.2) is 33.1 Å². The zero-order valence-electron chi connectivity index (χ0n) is 21.9. The van der Waals surface area contributed by atoms with E-state index in [1.165, 1.54) is 12.1 Å². The minimum atomic E-state index is -0.751. The third-order valence-corrected chi connectivity index (χ3v) is 8.67. The Hall–Kier alpha value is -4.52. The number of para-hydroxylation sites is 1. The molecule has 3 saturated carbocycles. The molecule has 0 unspecified atom stereocenters. The second-order valence-electron chi connectivity index (χ2n) is 11.7. The van der Waals surface area contributed by atoms with Crippen molar-refractivity contribution in [2.45, 2.75) is 32.2 Å². The molecule has 0 radical (unpaired) electrons. The Morgan fingerprint density at radius 1 is 0.900 bits per heavy atom. The molecule has 3 aromatic carbocycles. The number of aromatic nitrogens is 2. The largest absolute Gasteiger partial charge is 0.481 e. The summed E-state index contributed by atoms with van der Waals surface area (Å²) in [5.41, 5.74) is 4.79. The average Bonchev–Trinajstić information content (AvgIpc) is 3.31. The smallest absolute Gasteiger partial charge is 0.303 e. The summed E-state index contributed by atoms with van der Waals surface area (Å²) in [5.74, 6) is -1.23. The van der Waals surface area contributed by atoms with Crippen molar-refractivity contribution in [2.75, 3.05) is 6.54 Å². The quantitative estimate of drug-likeness (QED) is 0.241. The molecule has 6 nitrogen and oxygen atoms in total. The maximum absolute atomic E-state index is 13.7. The van der Waals surface area contributed by atoms with Crippen molar-refractivity contribution >= 4 is 33.7 Å². The van der Waals surface area contributed by atoms with Crippen LogP contribution in [0.5, 0.6) is 0 Å². The minimum absolute atomic E-state index is 0.00972. The van der Waals surface area contributed by atoms with Crippen molar-refractivity contribution in [2.24, 2.45) is 10.8 Å². The molecule has 3 aliphatic rings. The van der Waals surface area contributed by atoms with Crippen molar-refractivity contribution in [3.63, 3.8) is 0 Å². The maximum Gasteiger partial charge on any atom is 0.303 e. The molecule has 0 spiro atoms. The summed E-state index contributed by atoms with van der Waals surface area (Å²) in [5, 5.41) is 14.3. The normalized spacial score (nSPS) is 21.1. The van der Waals surface area contributed by atoms with Crippen LogP contribution in [0.1, 0.15) is 41.7 Å².